The molecule has 0 aliphatic rings. The zero-order valence-electron chi connectivity index (χ0n) is 20.9. The summed E-state index contributed by atoms with van der Waals surface area (Å²) in [5.74, 6) is 5.16. The Balaban J connectivity index is 0.000000479. The number of rotatable bonds is 2. The van der Waals surface area contributed by atoms with Gasteiger partial charge in [0.05, 0.1) is 5.69 Å². The molecule has 0 bridgehead atoms. The number of halogens is 2. The second-order valence-electron chi connectivity index (χ2n) is 9.47. The summed E-state index contributed by atoms with van der Waals surface area (Å²) in [5, 5.41) is 2.17. The van der Waals surface area contributed by atoms with Crippen molar-refractivity contribution in [3.05, 3.63) is 57.6 Å². The van der Waals surface area contributed by atoms with Gasteiger partial charge in [0.2, 0.25) is 0 Å². The summed E-state index contributed by atoms with van der Waals surface area (Å²) in [6.45, 7) is 14.2. The van der Waals surface area contributed by atoms with E-state index in [-0.39, 0.29) is 0 Å². The lowest BCUT2D eigenvalue weighted by Gasteiger charge is -2.29. The lowest BCUT2D eigenvalue weighted by Crippen LogP contribution is -2.50. The zero-order chi connectivity index (χ0) is 26.3. The van der Waals surface area contributed by atoms with Crippen molar-refractivity contribution in [2.75, 3.05) is 10.4 Å². The van der Waals surface area contributed by atoms with Crippen LogP contribution in [-0.2, 0) is 9.47 Å². The average molecular weight is 513 g/mol. The second-order valence-corrected chi connectivity index (χ2v) is 10.3. The third-order valence-corrected chi connectivity index (χ3v) is 4.74. The summed E-state index contributed by atoms with van der Waals surface area (Å²) in [6.07, 6.45) is -1.52. The molecule has 8 nitrogen and oxygen atoms in total. The number of hydrogen-bond donors (Lipinski definition) is 3. The van der Waals surface area contributed by atoms with E-state index >= 15 is 0 Å². The van der Waals surface area contributed by atoms with E-state index in [4.69, 9.17) is 38.5 Å². The number of nitrogens with two attached hydrogens (primary N) is 1. The smallest absolute Gasteiger partial charge is 0.434 e. The van der Waals surface area contributed by atoms with Gasteiger partial charge in [-0.15, -0.1) is 0 Å². The first-order valence-corrected chi connectivity index (χ1v) is 11.3. The fourth-order valence-corrected chi connectivity index (χ4v) is 2.67. The Kier molecular flexibility index (Phi) is 10.5. The van der Waals surface area contributed by atoms with Gasteiger partial charge in [-0.25, -0.2) is 15.0 Å². The van der Waals surface area contributed by atoms with E-state index in [1.165, 1.54) is 0 Å². The monoisotopic (exact) mass is 512 g/mol. The molecule has 0 saturated carbocycles. The molecule has 0 heterocycles. The number of hydrazine groups is 2. The van der Waals surface area contributed by atoms with Crippen LogP contribution in [0.2, 0.25) is 10.0 Å². The minimum atomic E-state index is -0.773. The molecule has 2 aromatic rings. The van der Waals surface area contributed by atoms with Crippen molar-refractivity contribution >= 4 is 46.8 Å². The Labute approximate surface area is 211 Å². The number of carbonyl (C=O) groups is 2. The molecule has 2 aromatic carbocycles. The van der Waals surface area contributed by atoms with Gasteiger partial charge in [-0.3, -0.25) is 5.84 Å². The van der Waals surface area contributed by atoms with Gasteiger partial charge in [0.25, 0.3) is 0 Å². The van der Waals surface area contributed by atoms with Crippen molar-refractivity contribution in [2.45, 2.75) is 66.6 Å². The molecule has 34 heavy (non-hydrogen) atoms. The van der Waals surface area contributed by atoms with Crippen LogP contribution in [0.5, 0.6) is 0 Å². The minimum absolute atomic E-state index is 0.366. The molecule has 0 radical (unpaired) electrons. The van der Waals surface area contributed by atoms with Crippen molar-refractivity contribution < 1.29 is 19.1 Å². The summed E-state index contributed by atoms with van der Waals surface area (Å²) >= 11 is 11.9. The predicted molar refractivity (Wildman–Crippen MR) is 138 cm³/mol. The molecular formula is C24H34Cl2N4O4. The molecule has 0 spiro atoms. The van der Waals surface area contributed by atoms with Crippen molar-refractivity contribution in [1.29, 1.82) is 0 Å². The molecule has 10 heteroatoms. The van der Waals surface area contributed by atoms with Gasteiger partial charge in [-0.2, -0.15) is 5.01 Å². The number of carbonyl (C=O) groups excluding carboxylic acids is 2. The number of nitrogen functional groups attached to an aromatic ring is 1. The molecule has 0 unspecified atom stereocenters. The number of benzene rings is 2. The topological polar surface area (TPSA) is 106 Å². The standard InChI is InChI=1S/C17H25ClN2O4.C7H9ClN2/c1-11-8-9-12(10-13(11)18)20(15(22)24-17(5,6)7)19-14(21)23-16(2,3)4;1-5-2-3-6(10-9)4-7(5)8/h8-10H,1-7H3,(H,19,21);2-4,10H,9H2,1H3. The maximum Gasteiger partial charge on any atom is 0.434 e. The first-order valence-electron chi connectivity index (χ1n) is 10.5. The van der Waals surface area contributed by atoms with Crippen molar-refractivity contribution in [1.82, 2.24) is 5.43 Å². The molecule has 0 aliphatic heterocycles. The Morgan fingerprint density at radius 2 is 1.35 bits per heavy atom. The van der Waals surface area contributed by atoms with Crippen LogP contribution in [0, 0.1) is 13.8 Å². The largest absolute Gasteiger partial charge is 0.443 e. The minimum Gasteiger partial charge on any atom is -0.443 e. The summed E-state index contributed by atoms with van der Waals surface area (Å²) in [7, 11) is 0. The van der Waals surface area contributed by atoms with Gasteiger partial charge >= 0.3 is 12.2 Å². The number of nitrogens with one attached hydrogen (secondary N) is 2. The average Bonchev–Trinajstić information content (AvgIpc) is 2.68. The highest BCUT2D eigenvalue weighted by molar-refractivity contribution is 6.32. The SMILES string of the molecule is Cc1ccc(N(NC(=O)OC(C)(C)C)C(=O)OC(C)(C)C)cc1Cl.Cc1ccc(NN)cc1Cl. The van der Waals surface area contributed by atoms with E-state index in [0.29, 0.717) is 10.7 Å². The Morgan fingerprint density at radius 3 is 1.79 bits per heavy atom. The number of nitrogens with zero attached hydrogens (tertiary/aromatic N) is 1. The second kappa shape index (κ2) is 12.1. The zero-order valence-corrected chi connectivity index (χ0v) is 22.4. The fourth-order valence-electron chi connectivity index (χ4n) is 2.32. The maximum absolute atomic E-state index is 12.4. The lowest BCUT2D eigenvalue weighted by molar-refractivity contribution is 0.0425. The highest BCUT2D eigenvalue weighted by Crippen LogP contribution is 2.24. The first kappa shape index (κ1) is 29.4. The van der Waals surface area contributed by atoms with E-state index in [9.17, 15) is 9.59 Å². The molecule has 2 amide bonds. The number of hydrogen-bond acceptors (Lipinski definition) is 6. The molecule has 0 saturated heterocycles. The van der Waals surface area contributed by atoms with Gasteiger partial charge < -0.3 is 14.9 Å². The van der Waals surface area contributed by atoms with E-state index in [1.54, 1.807) is 65.8 Å². The molecule has 188 valence electrons. The van der Waals surface area contributed by atoms with Crippen LogP contribution < -0.4 is 21.7 Å². The molecular weight excluding hydrogens is 479 g/mol. The van der Waals surface area contributed by atoms with Crippen LogP contribution in [0.25, 0.3) is 0 Å². The van der Waals surface area contributed by atoms with Crippen molar-refractivity contribution in [3.8, 4) is 0 Å². The van der Waals surface area contributed by atoms with E-state index in [0.717, 1.165) is 26.8 Å². The number of amides is 2. The summed E-state index contributed by atoms with van der Waals surface area (Å²) < 4.78 is 10.5. The number of aryl methyl sites for hydroxylation is 2. The summed E-state index contributed by atoms with van der Waals surface area (Å²) in [4.78, 5) is 24.5. The third-order valence-electron chi connectivity index (χ3n) is 3.93. The van der Waals surface area contributed by atoms with Crippen LogP contribution in [0.1, 0.15) is 52.7 Å². The van der Waals surface area contributed by atoms with Crippen LogP contribution in [0.15, 0.2) is 36.4 Å². The normalized spacial score (nSPS) is 11.0. The molecule has 0 aliphatic carbocycles. The Hall–Kier alpha value is -2.68. The molecule has 0 aromatic heterocycles. The van der Waals surface area contributed by atoms with Crippen LogP contribution in [0.3, 0.4) is 0 Å². The van der Waals surface area contributed by atoms with Crippen LogP contribution in [0.4, 0.5) is 21.0 Å². The number of anilines is 2. The highest BCUT2D eigenvalue weighted by atomic mass is 35.5. The maximum atomic E-state index is 12.4. The molecule has 0 fully saturated rings. The predicted octanol–water partition coefficient (Wildman–Crippen LogP) is 6.76. The summed E-state index contributed by atoms with van der Waals surface area (Å²) in [6, 6.07) is 10.5. The third kappa shape index (κ3) is 10.5. The van der Waals surface area contributed by atoms with Crippen molar-refractivity contribution in [2.24, 2.45) is 5.84 Å². The van der Waals surface area contributed by atoms with Crippen LogP contribution in [-0.4, -0.2) is 23.4 Å². The van der Waals surface area contributed by atoms with Gasteiger partial charge in [-0.1, -0.05) is 35.3 Å². The quantitative estimate of drug-likeness (QED) is 0.303. The molecule has 4 N–H and O–H groups in total. The van der Waals surface area contributed by atoms with Gasteiger partial charge in [0.1, 0.15) is 11.2 Å². The van der Waals surface area contributed by atoms with Crippen LogP contribution >= 0.6 is 23.2 Å². The molecule has 2 rings (SSSR count). The fraction of sp³-hybridized carbons (Fsp3) is 0.417. The lowest BCUT2D eigenvalue weighted by atomic mass is 10.2. The van der Waals surface area contributed by atoms with Crippen molar-refractivity contribution in [3.63, 3.8) is 0 Å². The van der Waals surface area contributed by atoms with Gasteiger partial charge in [0.15, 0.2) is 0 Å². The first-order chi connectivity index (χ1) is 15.5. The van der Waals surface area contributed by atoms with E-state index < -0.39 is 23.4 Å². The number of ether oxygens (including phenoxy) is 2. The van der Waals surface area contributed by atoms with Gasteiger partial charge in [-0.05, 0) is 90.8 Å². The van der Waals surface area contributed by atoms with Gasteiger partial charge in [0, 0.05) is 15.7 Å². The Morgan fingerprint density at radius 1 is 0.853 bits per heavy atom. The van der Waals surface area contributed by atoms with E-state index in [1.807, 2.05) is 26.0 Å². The summed E-state index contributed by atoms with van der Waals surface area (Å²) in [5.41, 5.74) is 6.59. The highest BCUT2D eigenvalue weighted by Gasteiger charge is 2.27. The van der Waals surface area contributed by atoms with E-state index in [2.05, 4.69) is 10.9 Å². The Bertz CT molecular complexity index is 1000. The molecule has 0 atom stereocenters.